The summed E-state index contributed by atoms with van der Waals surface area (Å²) in [6, 6.07) is 11.9. The molecular formula is C19H20FN3O4. The van der Waals surface area contributed by atoms with Crippen molar-refractivity contribution in [3.63, 3.8) is 0 Å². The third-order valence-electron chi connectivity index (χ3n) is 3.53. The number of ether oxygens (including phenoxy) is 1. The van der Waals surface area contributed by atoms with Crippen LogP contribution in [0, 0.1) is 5.82 Å². The van der Waals surface area contributed by atoms with Crippen molar-refractivity contribution in [2.45, 2.75) is 0 Å². The third-order valence-corrected chi connectivity index (χ3v) is 3.53. The predicted octanol–water partition coefficient (Wildman–Crippen LogP) is 1.66. The fourth-order valence-electron chi connectivity index (χ4n) is 2.01. The van der Waals surface area contributed by atoms with Gasteiger partial charge in [0.05, 0.1) is 12.1 Å². The summed E-state index contributed by atoms with van der Waals surface area (Å²) in [5.74, 6) is -1.47. The van der Waals surface area contributed by atoms with E-state index in [0.29, 0.717) is 11.4 Å². The van der Waals surface area contributed by atoms with Gasteiger partial charge in [0.1, 0.15) is 11.6 Å². The standard InChI is InChI=1S/C19H20FN3O4/c1-23(2)18(25)12-27-14-9-7-13(8-10-14)22-17(24)11-21-19(26)15-5-3-4-6-16(15)20/h3-10H,11-12H2,1-2H3,(H,21,26)(H,22,24). The van der Waals surface area contributed by atoms with Crippen molar-refractivity contribution in [3.8, 4) is 5.75 Å². The summed E-state index contributed by atoms with van der Waals surface area (Å²) in [5.41, 5.74) is 0.366. The molecule has 0 atom stereocenters. The van der Waals surface area contributed by atoms with E-state index in [4.69, 9.17) is 4.74 Å². The highest BCUT2D eigenvalue weighted by molar-refractivity contribution is 5.99. The SMILES string of the molecule is CN(C)C(=O)COc1ccc(NC(=O)CNC(=O)c2ccccc2F)cc1. The molecule has 8 heteroatoms. The van der Waals surface area contributed by atoms with Crippen LogP contribution in [0.1, 0.15) is 10.4 Å². The smallest absolute Gasteiger partial charge is 0.259 e. The van der Waals surface area contributed by atoms with Crippen molar-refractivity contribution in [2.75, 3.05) is 32.6 Å². The van der Waals surface area contributed by atoms with Gasteiger partial charge in [-0.15, -0.1) is 0 Å². The molecule has 3 amide bonds. The average molecular weight is 373 g/mol. The summed E-state index contributed by atoms with van der Waals surface area (Å²) in [7, 11) is 3.27. The zero-order chi connectivity index (χ0) is 19.8. The number of carbonyl (C=O) groups excluding carboxylic acids is 3. The zero-order valence-electron chi connectivity index (χ0n) is 15.0. The largest absolute Gasteiger partial charge is 0.484 e. The maximum atomic E-state index is 13.5. The minimum absolute atomic E-state index is 0.0826. The first-order valence-electron chi connectivity index (χ1n) is 8.12. The van der Waals surface area contributed by atoms with E-state index in [0.717, 1.165) is 0 Å². The van der Waals surface area contributed by atoms with Gasteiger partial charge in [-0.2, -0.15) is 0 Å². The van der Waals surface area contributed by atoms with Crippen LogP contribution in [0.15, 0.2) is 48.5 Å². The summed E-state index contributed by atoms with van der Waals surface area (Å²) in [5, 5.41) is 4.95. The van der Waals surface area contributed by atoms with Gasteiger partial charge < -0.3 is 20.3 Å². The molecule has 0 radical (unpaired) electrons. The van der Waals surface area contributed by atoms with Crippen molar-refractivity contribution in [3.05, 3.63) is 59.9 Å². The fourth-order valence-corrected chi connectivity index (χ4v) is 2.01. The van der Waals surface area contributed by atoms with Crippen LogP contribution >= 0.6 is 0 Å². The van der Waals surface area contributed by atoms with Gasteiger partial charge in [0.25, 0.3) is 11.8 Å². The van der Waals surface area contributed by atoms with E-state index in [1.807, 2.05) is 0 Å². The van der Waals surface area contributed by atoms with E-state index in [2.05, 4.69) is 10.6 Å². The highest BCUT2D eigenvalue weighted by Crippen LogP contribution is 2.15. The van der Waals surface area contributed by atoms with Crippen LogP contribution in [-0.4, -0.2) is 49.9 Å². The van der Waals surface area contributed by atoms with Gasteiger partial charge in [-0.3, -0.25) is 14.4 Å². The minimum atomic E-state index is -0.669. The summed E-state index contributed by atoms with van der Waals surface area (Å²) in [6.07, 6.45) is 0. The fraction of sp³-hybridized carbons (Fsp3) is 0.211. The molecule has 0 unspecified atom stereocenters. The number of likely N-dealkylation sites (N-methyl/N-ethyl adjacent to an activating group) is 1. The van der Waals surface area contributed by atoms with Crippen molar-refractivity contribution in [2.24, 2.45) is 0 Å². The Morgan fingerprint density at radius 1 is 1.04 bits per heavy atom. The second kappa shape index (κ2) is 9.33. The second-order valence-corrected chi connectivity index (χ2v) is 5.81. The molecule has 0 heterocycles. The Bertz CT molecular complexity index is 822. The van der Waals surface area contributed by atoms with Gasteiger partial charge in [-0.25, -0.2) is 4.39 Å². The number of hydrogen-bond donors (Lipinski definition) is 2. The molecule has 2 rings (SSSR count). The van der Waals surface area contributed by atoms with Crippen molar-refractivity contribution < 1.29 is 23.5 Å². The molecule has 0 aromatic heterocycles. The topological polar surface area (TPSA) is 87.7 Å². The van der Waals surface area contributed by atoms with Crippen LogP contribution in [0.4, 0.5) is 10.1 Å². The summed E-state index contributed by atoms with van der Waals surface area (Å²) in [4.78, 5) is 36.7. The number of hydrogen-bond acceptors (Lipinski definition) is 4. The first-order valence-corrected chi connectivity index (χ1v) is 8.12. The molecule has 142 valence electrons. The van der Waals surface area contributed by atoms with Crippen LogP contribution in [0.2, 0.25) is 0 Å². The molecule has 2 N–H and O–H groups in total. The molecule has 27 heavy (non-hydrogen) atoms. The molecular weight excluding hydrogens is 353 g/mol. The minimum Gasteiger partial charge on any atom is -0.484 e. The van der Waals surface area contributed by atoms with E-state index >= 15 is 0 Å². The molecule has 0 spiro atoms. The Morgan fingerprint density at radius 3 is 2.33 bits per heavy atom. The van der Waals surface area contributed by atoms with Crippen LogP contribution < -0.4 is 15.4 Å². The molecule has 0 saturated carbocycles. The lowest BCUT2D eigenvalue weighted by Crippen LogP contribution is -2.33. The number of halogens is 1. The van der Waals surface area contributed by atoms with Crippen LogP contribution in [0.5, 0.6) is 5.75 Å². The molecule has 0 bridgehead atoms. The summed E-state index contributed by atoms with van der Waals surface area (Å²) >= 11 is 0. The third kappa shape index (κ3) is 6.10. The van der Waals surface area contributed by atoms with Gasteiger partial charge in [0.2, 0.25) is 5.91 Å². The first-order chi connectivity index (χ1) is 12.9. The van der Waals surface area contributed by atoms with E-state index in [1.165, 1.54) is 29.2 Å². The molecule has 0 aliphatic rings. The van der Waals surface area contributed by atoms with E-state index in [-0.39, 0.29) is 24.6 Å². The molecule has 0 fully saturated rings. The van der Waals surface area contributed by atoms with Crippen molar-refractivity contribution >= 4 is 23.4 Å². The number of amides is 3. The average Bonchev–Trinajstić information content (AvgIpc) is 2.65. The monoisotopic (exact) mass is 373 g/mol. The number of benzene rings is 2. The molecule has 0 aliphatic carbocycles. The number of nitrogens with one attached hydrogen (secondary N) is 2. The Hall–Kier alpha value is -3.42. The second-order valence-electron chi connectivity index (χ2n) is 5.81. The van der Waals surface area contributed by atoms with Gasteiger partial charge in [0.15, 0.2) is 6.61 Å². The van der Waals surface area contributed by atoms with Crippen LogP contribution in [0.3, 0.4) is 0 Å². The number of carbonyl (C=O) groups is 3. The first kappa shape index (κ1) is 19.9. The molecule has 0 saturated heterocycles. The quantitative estimate of drug-likeness (QED) is 0.773. The number of rotatable bonds is 7. The van der Waals surface area contributed by atoms with E-state index in [9.17, 15) is 18.8 Å². The van der Waals surface area contributed by atoms with Gasteiger partial charge in [-0.1, -0.05) is 12.1 Å². The van der Waals surface area contributed by atoms with E-state index in [1.54, 1.807) is 38.4 Å². The van der Waals surface area contributed by atoms with Crippen molar-refractivity contribution in [1.29, 1.82) is 0 Å². The highest BCUT2D eigenvalue weighted by Gasteiger charge is 2.12. The van der Waals surface area contributed by atoms with Crippen molar-refractivity contribution in [1.82, 2.24) is 10.2 Å². The lowest BCUT2D eigenvalue weighted by Gasteiger charge is -2.12. The summed E-state index contributed by atoms with van der Waals surface area (Å²) < 4.78 is 18.8. The van der Waals surface area contributed by atoms with Crippen LogP contribution in [0.25, 0.3) is 0 Å². The molecule has 7 nitrogen and oxygen atoms in total. The summed E-state index contributed by atoms with van der Waals surface area (Å²) in [6.45, 7) is -0.385. The maximum absolute atomic E-state index is 13.5. The molecule has 0 aliphatic heterocycles. The Kier molecular flexibility index (Phi) is 6.87. The van der Waals surface area contributed by atoms with Gasteiger partial charge >= 0.3 is 0 Å². The maximum Gasteiger partial charge on any atom is 0.259 e. The lowest BCUT2D eigenvalue weighted by atomic mass is 10.2. The van der Waals surface area contributed by atoms with Gasteiger partial charge in [0, 0.05) is 19.8 Å². The number of anilines is 1. The lowest BCUT2D eigenvalue weighted by molar-refractivity contribution is -0.130. The Morgan fingerprint density at radius 2 is 1.70 bits per heavy atom. The van der Waals surface area contributed by atoms with E-state index < -0.39 is 17.6 Å². The zero-order valence-corrected chi connectivity index (χ0v) is 15.0. The normalized spacial score (nSPS) is 10.0. The Balaban J connectivity index is 1.81. The molecule has 2 aromatic carbocycles. The molecule has 2 aromatic rings. The number of nitrogens with zero attached hydrogens (tertiary/aromatic N) is 1. The highest BCUT2D eigenvalue weighted by atomic mass is 19.1. The van der Waals surface area contributed by atoms with Gasteiger partial charge in [-0.05, 0) is 36.4 Å². The predicted molar refractivity (Wildman–Crippen MR) is 98.0 cm³/mol. The Labute approximate surface area is 156 Å². The van der Waals surface area contributed by atoms with Crippen LogP contribution in [-0.2, 0) is 9.59 Å².